The maximum atomic E-state index is 5.86. The molecule has 0 aromatic heterocycles. The van der Waals surface area contributed by atoms with Gasteiger partial charge in [0.25, 0.3) is 0 Å². The summed E-state index contributed by atoms with van der Waals surface area (Å²) in [6, 6.07) is 7.97. The van der Waals surface area contributed by atoms with Gasteiger partial charge in [-0.15, -0.1) is 0 Å². The van der Waals surface area contributed by atoms with Gasteiger partial charge >= 0.3 is 0 Å². The van der Waals surface area contributed by atoms with Gasteiger partial charge < -0.3 is 15.2 Å². The molecule has 0 amide bonds. The fourth-order valence-corrected chi connectivity index (χ4v) is 2.45. The minimum Gasteiger partial charge on any atom is -0.494 e. The van der Waals surface area contributed by atoms with E-state index >= 15 is 0 Å². The van der Waals surface area contributed by atoms with Crippen LogP contribution in [-0.2, 0) is 11.3 Å². The maximum Gasteiger partial charge on any atom is 0.119 e. The molecule has 3 heteroatoms. The third-order valence-corrected chi connectivity index (χ3v) is 3.62. The summed E-state index contributed by atoms with van der Waals surface area (Å²) in [6.45, 7) is 2.11. The van der Waals surface area contributed by atoms with Crippen molar-refractivity contribution >= 4 is 0 Å². The van der Waals surface area contributed by atoms with Crippen molar-refractivity contribution in [1.29, 1.82) is 0 Å². The Morgan fingerprint density at radius 1 is 1.00 bits per heavy atom. The molecule has 2 rings (SSSR count). The van der Waals surface area contributed by atoms with Gasteiger partial charge in [0.05, 0.1) is 19.3 Å². The molecule has 1 saturated carbocycles. The van der Waals surface area contributed by atoms with Gasteiger partial charge in [-0.3, -0.25) is 0 Å². The summed E-state index contributed by atoms with van der Waals surface area (Å²) in [6.07, 6.45) is 7.96. The maximum absolute atomic E-state index is 5.86. The van der Waals surface area contributed by atoms with E-state index in [1.807, 2.05) is 24.3 Å². The molecule has 0 bridgehead atoms. The molecule has 0 atom stereocenters. The van der Waals surface area contributed by atoms with Crippen LogP contribution in [0.3, 0.4) is 0 Å². The standard InChI is InChI=1S/C16H25NO2/c17-13-14-7-9-16(10-8-14)19-12-4-11-18-15-5-2-1-3-6-15/h7-10,15H,1-6,11-13,17H2. The summed E-state index contributed by atoms with van der Waals surface area (Å²) < 4.78 is 11.5. The highest BCUT2D eigenvalue weighted by Gasteiger charge is 2.12. The van der Waals surface area contributed by atoms with Gasteiger partial charge in [-0.1, -0.05) is 31.4 Å². The third-order valence-electron chi connectivity index (χ3n) is 3.62. The topological polar surface area (TPSA) is 44.5 Å². The summed E-state index contributed by atoms with van der Waals surface area (Å²) in [5, 5.41) is 0. The molecule has 0 heterocycles. The van der Waals surface area contributed by atoms with Crippen molar-refractivity contribution in [2.75, 3.05) is 13.2 Å². The molecule has 1 aromatic carbocycles. The second-order valence-corrected chi connectivity index (χ2v) is 5.18. The van der Waals surface area contributed by atoms with Crippen LogP contribution in [0.5, 0.6) is 5.75 Å². The number of rotatable bonds is 7. The van der Waals surface area contributed by atoms with Crippen molar-refractivity contribution in [1.82, 2.24) is 0 Å². The largest absolute Gasteiger partial charge is 0.494 e. The van der Waals surface area contributed by atoms with E-state index in [2.05, 4.69) is 0 Å². The average Bonchev–Trinajstić information content (AvgIpc) is 2.49. The smallest absolute Gasteiger partial charge is 0.119 e. The first-order valence-electron chi connectivity index (χ1n) is 7.42. The van der Waals surface area contributed by atoms with Crippen molar-refractivity contribution in [3.05, 3.63) is 29.8 Å². The average molecular weight is 263 g/mol. The van der Waals surface area contributed by atoms with E-state index in [0.717, 1.165) is 24.3 Å². The first-order chi connectivity index (χ1) is 9.38. The fraction of sp³-hybridized carbons (Fsp3) is 0.625. The van der Waals surface area contributed by atoms with Gasteiger partial charge in [0, 0.05) is 13.0 Å². The van der Waals surface area contributed by atoms with Crippen molar-refractivity contribution in [3.63, 3.8) is 0 Å². The van der Waals surface area contributed by atoms with Crippen LogP contribution in [0.25, 0.3) is 0 Å². The number of hydrogen-bond acceptors (Lipinski definition) is 3. The Hall–Kier alpha value is -1.06. The van der Waals surface area contributed by atoms with Gasteiger partial charge in [0.15, 0.2) is 0 Å². The second kappa shape index (κ2) is 8.18. The highest BCUT2D eigenvalue weighted by molar-refractivity contribution is 5.26. The summed E-state index contributed by atoms with van der Waals surface area (Å²) in [7, 11) is 0. The zero-order valence-corrected chi connectivity index (χ0v) is 11.6. The van der Waals surface area contributed by atoms with Crippen LogP contribution in [0.2, 0.25) is 0 Å². The van der Waals surface area contributed by atoms with Crippen molar-refractivity contribution < 1.29 is 9.47 Å². The zero-order chi connectivity index (χ0) is 13.3. The minimum atomic E-state index is 0.498. The number of benzene rings is 1. The lowest BCUT2D eigenvalue weighted by molar-refractivity contribution is 0.0226. The highest BCUT2D eigenvalue weighted by Crippen LogP contribution is 2.20. The van der Waals surface area contributed by atoms with Crippen molar-refractivity contribution in [2.24, 2.45) is 5.73 Å². The SMILES string of the molecule is NCc1ccc(OCCCOC2CCCCC2)cc1. The molecule has 106 valence electrons. The van der Waals surface area contributed by atoms with E-state index in [1.54, 1.807) is 0 Å². The summed E-state index contributed by atoms with van der Waals surface area (Å²) in [4.78, 5) is 0. The molecule has 1 aromatic rings. The Bertz CT molecular complexity index is 344. The molecular weight excluding hydrogens is 238 g/mol. The monoisotopic (exact) mass is 263 g/mol. The molecule has 0 saturated heterocycles. The predicted octanol–water partition coefficient (Wildman–Crippen LogP) is 3.26. The molecule has 1 fully saturated rings. The molecule has 1 aliphatic rings. The number of hydrogen-bond donors (Lipinski definition) is 1. The lowest BCUT2D eigenvalue weighted by Crippen LogP contribution is -2.18. The van der Waals surface area contributed by atoms with Crippen molar-refractivity contribution in [3.8, 4) is 5.75 Å². The van der Waals surface area contributed by atoms with Crippen LogP contribution in [0, 0.1) is 0 Å². The van der Waals surface area contributed by atoms with E-state index in [0.29, 0.717) is 19.3 Å². The van der Waals surface area contributed by atoms with Crippen LogP contribution in [0.15, 0.2) is 24.3 Å². The molecule has 0 unspecified atom stereocenters. The first-order valence-corrected chi connectivity index (χ1v) is 7.42. The Kier molecular flexibility index (Phi) is 6.18. The summed E-state index contributed by atoms with van der Waals surface area (Å²) in [5.74, 6) is 0.912. The predicted molar refractivity (Wildman–Crippen MR) is 77.3 cm³/mol. The molecule has 3 nitrogen and oxygen atoms in total. The molecule has 2 N–H and O–H groups in total. The van der Waals surface area contributed by atoms with E-state index in [1.165, 1.54) is 32.1 Å². The molecule has 0 radical (unpaired) electrons. The quantitative estimate of drug-likeness (QED) is 0.768. The van der Waals surface area contributed by atoms with Gasteiger partial charge in [0.1, 0.15) is 5.75 Å². The van der Waals surface area contributed by atoms with Gasteiger partial charge in [-0.25, -0.2) is 0 Å². The van der Waals surface area contributed by atoms with Gasteiger partial charge in [0.2, 0.25) is 0 Å². The van der Waals surface area contributed by atoms with Gasteiger partial charge in [-0.05, 0) is 30.5 Å². The highest BCUT2D eigenvalue weighted by atomic mass is 16.5. The van der Waals surface area contributed by atoms with Crippen molar-refractivity contribution in [2.45, 2.75) is 51.2 Å². The van der Waals surface area contributed by atoms with E-state index in [4.69, 9.17) is 15.2 Å². The van der Waals surface area contributed by atoms with Crippen LogP contribution in [-0.4, -0.2) is 19.3 Å². The fourth-order valence-electron chi connectivity index (χ4n) is 2.45. The zero-order valence-electron chi connectivity index (χ0n) is 11.6. The van der Waals surface area contributed by atoms with E-state index in [-0.39, 0.29) is 0 Å². The number of ether oxygens (including phenoxy) is 2. The Morgan fingerprint density at radius 3 is 2.42 bits per heavy atom. The Morgan fingerprint density at radius 2 is 1.74 bits per heavy atom. The molecule has 19 heavy (non-hydrogen) atoms. The molecule has 1 aliphatic carbocycles. The van der Waals surface area contributed by atoms with Crippen LogP contribution in [0.4, 0.5) is 0 Å². The van der Waals surface area contributed by atoms with Crippen LogP contribution in [0.1, 0.15) is 44.1 Å². The first kappa shape index (κ1) is 14.4. The normalized spacial score (nSPS) is 16.5. The molecule has 0 spiro atoms. The second-order valence-electron chi connectivity index (χ2n) is 5.18. The third kappa shape index (κ3) is 5.21. The Balaban J connectivity index is 1.55. The van der Waals surface area contributed by atoms with Crippen LogP contribution < -0.4 is 10.5 Å². The van der Waals surface area contributed by atoms with Crippen LogP contribution >= 0.6 is 0 Å². The van der Waals surface area contributed by atoms with E-state index in [9.17, 15) is 0 Å². The lowest BCUT2D eigenvalue weighted by atomic mass is 9.98. The van der Waals surface area contributed by atoms with Gasteiger partial charge in [-0.2, -0.15) is 0 Å². The Labute approximate surface area is 116 Å². The lowest BCUT2D eigenvalue weighted by Gasteiger charge is -2.21. The molecular formula is C16H25NO2. The molecule has 0 aliphatic heterocycles. The summed E-state index contributed by atoms with van der Waals surface area (Å²) in [5.41, 5.74) is 6.69. The van der Waals surface area contributed by atoms with E-state index < -0.39 is 0 Å². The summed E-state index contributed by atoms with van der Waals surface area (Å²) >= 11 is 0. The number of nitrogens with two attached hydrogens (primary N) is 1. The minimum absolute atomic E-state index is 0.498.